The molecule has 7 nitrogen and oxygen atoms in total. The summed E-state index contributed by atoms with van der Waals surface area (Å²) in [6, 6.07) is 4.39. The first-order valence-corrected chi connectivity index (χ1v) is 8.37. The van der Waals surface area contributed by atoms with Gasteiger partial charge in [0.15, 0.2) is 15.6 Å². The molecular formula is C13H16N2O5S. The molecule has 1 aliphatic heterocycles. The van der Waals surface area contributed by atoms with Crippen LogP contribution in [0.2, 0.25) is 0 Å². The lowest BCUT2D eigenvalue weighted by atomic mass is 10.1. The summed E-state index contributed by atoms with van der Waals surface area (Å²) in [5, 5.41) is 11.1. The Bertz CT molecular complexity index is 684. The maximum absolute atomic E-state index is 11.6. The van der Waals surface area contributed by atoms with Crippen molar-refractivity contribution in [2.24, 2.45) is 0 Å². The molecule has 2 rings (SSSR count). The number of nitrogens with zero attached hydrogens (tertiary/aromatic N) is 2. The fourth-order valence-electron chi connectivity index (χ4n) is 2.36. The molecule has 0 bridgehead atoms. The van der Waals surface area contributed by atoms with E-state index in [1.54, 1.807) is 6.07 Å². The summed E-state index contributed by atoms with van der Waals surface area (Å²) in [5.74, 6) is -0.196. The quantitative estimate of drug-likeness (QED) is 0.475. The topological polar surface area (TPSA) is 97.6 Å². The Morgan fingerprint density at radius 2 is 2.00 bits per heavy atom. The van der Waals surface area contributed by atoms with E-state index in [2.05, 4.69) is 0 Å². The maximum atomic E-state index is 11.6. The summed E-state index contributed by atoms with van der Waals surface area (Å²) >= 11 is 0. The Balaban J connectivity index is 2.34. The number of hydrogen-bond acceptors (Lipinski definition) is 6. The van der Waals surface area contributed by atoms with Gasteiger partial charge in [-0.2, -0.15) is 0 Å². The maximum Gasteiger partial charge on any atom is 0.282 e. The standard InChI is InChI=1S/C13H16N2O5S/c1-10(16)12-4-3-11(9-13(12)15(17)18)14-5-2-7-21(19,20)8-6-14/h3-4,9H,2,5-8H2,1H3. The number of benzene rings is 1. The average molecular weight is 312 g/mol. The van der Waals surface area contributed by atoms with Gasteiger partial charge in [0, 0.05) is 24.8 Å². The molecule has 1 aromatic rings. The normalized spacial score (nSPS) is 18.0. The van der Waals surface area contributed by atoms with Gasteiger partial charge in [0.25, 0.3) is 5.69 Å². The van der Waals surface area contributed by atoms with Crippen LogP contribution in [0.15, 0.2) is 18.2 Å². The molecule has 1 aromatic carbocycles. The van der Waals surface area contributed by atoms with Crippen LogP contribution < -0.4 is 4.90 Å². The summed E-state index contributed by atoms with van der Waals surface area (Å²) in [6.07, 6.45) is 0.491. The van der Waals surface area contributed by atoms with Gasteiger partial charge < -0.3 is 4.90 Å². The minimum atomic E-state index is -3.04. The molecule has 1 aliphatic rings. The molecule has 8 heteroatoms. The minimum Gasteiger partial charge on any atom is -0.370 e. The number of anilines is 1. The smallest absolute Gasteiger partial charge is 0.282 e. The van der Waals surface area contributed by atoms with Gasteiger partial charge in [0.1, 0.15) is 0 Å². The van der Waals surface area contributed by atoms with Crippen LogP contribution in [-0.4, -0.2) is 43.7 Å². The number of hydrogen-bond donors (Lipinski definition) is 0. The predicted octanol–water partition coefficient (Wildman–Crippen LogP) is 1.42. The number of Topliss-reactive ketones (excluding diaryl/α,β-unsaturated/α-hetero) is 1. The van der Waals surface area contributed by atoms with Crippen molar-refractivity contribution in [3.8, 4) is 0 Å². The van der Waals surface area contributed by atoms with Gasteiger partial charge in [-0.05, 0) is 25.5 Å². The van der Waals surface area contributed by atoms with Crippen LogP contribution in [0, 0.1) is 10.1 Å². The number of carbonyl (C=O) groups excluding carboxylic acids is 1. The zero-order valence-corrected chi connectivity index (χ0v) is 12.4. The van der Waals surface area contributed by atoms with Crippen molar-refractivity contribution in [3.05, 3.63) is 33.9 Å². The second-order valence-electron chi connectivity index (χ2n) is 5.01. The lowest BCUT2D eigenvalue weighted by Gasteiger charge is -2.22. The molecule has 0 radical (unpaired) electrons. The highest BCUT2D eigenvalue weighted by Gasteiger charge is 2.23. The molecule has 114 valence electrons. The minimum absolute atomic E-state index is 0.0370. The zero-order valence-electron chi connectivity index (χ0n) is 11.6. The van der Waals surface area contributed by atoms with Gasteiger partial charge >= 0.3 is 0 Å². The summed E-state index contributed by atoms with van der Waals surface area (Å²) in [7, 11) is -3.04. The SMILES string of the molecule is CC(=O)c1ccc(N2CCCS(=O)(=O)CC2)cc1[N+](=O)[O-]. The summed E-state index contributed by atoms with van der Waals surface area (Å²) in [5.41, 5.74) is 0.391. The average Bonchev–Trinajstić information content (AvgIpc) is 2.59. The molecule has 0 atom stereocenters. The summed E-state index contributed by atoms with van der Waals surface area (Å²) in [4.78, 5) is 23.7. The second kappa shape index (κ2) is 5.80. The van der Waals surface area contributed by atoms with Gasteiger partial charge in [0.05, 0.1) is 22.0 Å². The highest BCUT2D eigenvalue weighted by Crippen LogP contribution is 2.27. The van der Waals surface area contributed by atoms with Crippen molar-refractivity contribution in [1.82, 2.24) is 0 Å². The van der Waals surface area contributed by atoms with Crippen LogP contribution in [0.25, 0.3) is 0 Å². The Hall–Kier alpha value is -1.96. The first kappa shape index (κ1) is 15.4. The van der Waals surface area contributed by atoms with Crippen molar-refractivity contribution >= 4 is 27.0 Å². The predicted molar refractivity (Wildman–Crippen MR) is 78.6 cm³/mol. The van der Waals surface area contributed by atoms with E-state index in [9.17, 15) is 23.3 Å². The lowest BCUT2D eigenvalue weighted by Crippen LogP contribution is -2.26. The third-order valence-corrected chi connectivity index (χ3v) is 5.19. The molecule has 1 fully saturated rings. The van der Waals surface area contributed by atoms with Crippen LogP contribution in [-0.2, 0) is 9.84 Å². The molecular weight excluding hydrogens is 296 g/mol. The van der Waals surface area contributed by atoms with E-state index in [0.717, 1.165) is 0 Å². The number of ketones is 1. The Kier molecular flexibility index (Phi) is 4.26. The van der Waals surface area contributed by atoms with Crippen LogP contribution in [0.1, 0.15) is 23.7 Å². The Morgan fingerprint density at radius 3 is 2.62 bits per heavy atom. The molecule has 0 aromatic heterocycles. The van der Waals surface area contributed by atoms with E-state index in [0.29, 0.717) is 25.2 Å². The van der Waals surface area contributed by atoms with E-state index in [-0.39, 0.29) is 28.5 Å². The molecule has 1 heterocycles. The molecule has 21 heavy (non-hydrogen) atoms. The van der Waals surface area contributed by atoms with Gasteiger partial charge in [-0.3, -0.25) is 14.9 Å². The van der Waals surface area contributed by atoms with E-state index < -0.39 is 14.8 Å². The van der Waals surface area contributed by atoms with Crippen LogP contribution in [0.4, 0.5) is 11.4 Å². The molecule has 0 saturated carbocycles. The third kappa shape index (κ3) is 3.57. The summed E-state index contributed by atoms with van der Waals surface area (Å²) in [6.45, 7) is 2.11. The van der Waals surface area contributed by atoms with Crippen molar-refractivity contribution in [2.45, 2.75) is 13.3 Å². The van der Waals surface area contributed by atoms with E-state index >= 15 is 0 Å². The van der Waals surface area contributed by atoms with Crippen LogP contribution in [0.5, 0.6) is 0 Å². The van der Waals surface area contributed by atoms with E-state index in [1.165, 1.54) is 19.1 Å². The largest absolute Gasteiger partial charge is 0.370 e. The van der Waals surface area contributed by atoms with Crippen molar-refractivity contribution in [1.29, 1.82) is 0 Å². The number of rotatable bonds is 3. The van der Waals surface area contributed by atoms with Crippen LogP contribution in [0.3, 0.4) is 0 Å². The van der Waals surface area contributed by atoms with E-state index in [1.807, 2.05) is 4.90 Å². The highest BCUT2D eigenvalue weighted by molar-refractivity contribution is 7.91. The second-order valence-corrected chi connectivity index (χ2v) is 7.31. The van der Waals surface area contributed by atoms with E-state index in [4.69, 9.17) is 0 Å². The molecule has 0 aliphatic carbocycles. The summed E-state index contributed by atoms with van der Waals surface area (Å²) < 4.78 is 23.2. The van der Waals surface area contributed by atoms with Gasteiger partial charge in [-0.15, -0.1) is 0 Å². The zero-order chi connectivity index (χ0) is 15.6. The molecule has 0 amide bonds. The van der Waals surface area contributed by atoms with Crippen molar-refractivity contribution in [3.63, 3.8) is 0 Å². The highest BCUT2D eigenvalue weighted by atomic mass is 32.2. The van der Waals surface area contributed by atoms with Crippen LogP contribution >= 0.6 is 0 Å². The molecule has 0 spiro atoms. The van der Waals surface area contributed by atoms with Gasteiger partial charge in [-0.1, -0.05) is 0 Å². The number of nitro groups is 1. The first-order valence-electron chi connectivity index (χ1n) is 6.55. The fraction of sp³-hybridized carbons (Fsp3) is 0.462. The van der Waals surface area contributed by atoms with Gasteiger partial charge in [0.2, 0.25) is 0 Å². The van der Waals surface area contributed by atoms with Crippen molar-refractivity contribution in [2.75, 3.05) is 29.5 Å². The number of carbonyl (C=O) groups is 1. The number of sulfone groups is 1. The lowest BCUT2D eigenvalue weighted by molar-refractivity contribution is -0.385. The molecule has 0 N–H and O–H groups in total. The molecule has 1 saturated heterocycles. The molecule has 0 unspecified atom stereocenters. The number of nitro benzene ring substituents is 1. The Morgan fingerprint density at radius 1 is 1.29 bits per heavy atom. The first-order chi connectivity index (χ1) is 9.80. The third-order valence-electron chi connectivity index (χ3n) is 3.48. The van der Waals surface area contributed by atoms with Crippen molar-refractivity contribution < 1.29 is 18.1 Å². The Labute approximate surface area is 122 Å². The fourth-order valence-corrected chi connectivity index (χ4v) is 3.63. The van der Waals surface area contributed by atoms with Gasteiger partial charge in [-0.25, -0.2) is 8.42 Å². The monoisotopic (exact) mass is 312 g/mol.